The first-order chi connectivity index (χ1) is 5.22. The Kier molecular flexibility index (Phi) is 2.65. The van der Waals surface area contributed by atoms with Crippen LogP contribution in [0, 0.1) is 0 Å². The predicted octanol–water partition coefficient (Wildman–Crippen LogP) is 0.896. The van der Waals surface area contributed by atoms with Crippen molar-refractivity contribution in [3.63, 3.8) is 0 Å². The third-order valence-electron chi connectivity index (χ3n) is 1.73. The number of rotatable bonds is 0. The van der Waals surface area contributed by atoms with Crippen LogP contribution in [0.4, 0.5) is 0 Å². The Morgan fingerprint density at radius 2 is 2.00 bits per heavy atom. The molecule has 0 saturated carbocycles. The summed E-state index contributed by atoms with van der Waals surface area (Å²) in [6.45, 7) is 4.78. The third kappa shape index (κ3) is 2.05. The van der Waals surface area contributed by atoms with Crippen LogP contribution >= 0.6 is 0 Å². The number of hydrogen-bond donors (Lipinski definition) is 0. The molecule has 62 valence electrons. The van der Waals surface area contributed by atoms with Crippen molar-refractivity contribution in [3.05, 3.63) is 11.3 Å². The van der Waals surface area contributed by atoms with Gasteiger partial charge in [-0.1, -0.05) is 0 Å². The van der Waals surface area contributed by atoms with E-state index in [1.807, 2.05) is 0 Å². The van der Waals surface area contributed by atoms with Crippen LogP contribution in [0.1, 0.15) is 13.8 Å². The third-order valence-corrected chi connectivity index (χ3v) is 1.73. The molecule has 0 aliphatic carbocycles. The van der Waals surface area contributed by atoms with Crippen molar-refractivity contribution in [1.82, 2.24) is 0 Å². The van der Waals surface area contributed by atoms with Gasteiger partial charge in [0.2, 0.25) is 0 Å². The van der Waals surface area contributed by atoms with Crippen LogP contribution in [0.25, 0.3) is 0 Å². The standard InChI is InChI=1S/C8H12O3/c1-6-7(2)11-4-3-10-5-8(6)9/h3-5H2,1-2H3/b7-6-. The van der Waals surface area contributed by atoms with E-state index in [1.165, 1.54) is 0 Å². The summed E-state index contributed by atoms with van der Waals surface area (Å²) in [7, 11) is 0. The van der Waals surface area contributed by atoms with Gasteiger partial charge in [-0.05, 0) is 13.8 Å². The van der Waals surface area contributed by atoms with Gasteiger partial charge in [-0.15, -0.1) is 0 Å². The van der Waals surface area contributed by atoms with Gasteiger partial charge in [0.05, 0.1) is 12.4 Å². The number of carbonyl (C=O) groups excluding carboxylic acids is 1. The molecule has 1 aliphatic heterocycles. The second kappa shape index (κ2) is 3.53. The van der Waals surface area contributed by atoms with Gasteiger partial charge in [0.1, 0.15) is 13.2 Å². The van der Waals surface area contributed by atoms with Gasteiger partial charge in [0, 0.05) is 5.57 Å². The van der Waals surface area contributed by atoms with Crippen molar-refractivity contribution in [2.24, 2.45) is 0 Å². The quantitative estimate of drug-likeness (QED) is 0.522. The molecule has 3 heteroatoms. The van der Waals surface area contributed by atoms with Crippen LogP contribution in [-0.4, -0.2) is 25.6 Å². The number of ketones is 1. The highest BCUT2D eigenvalue weighted by atomic mass is 16.5. The maximum atomic E-state index is 11.1. The summed E-state index contributed by atoms with van der Waals surface area (Å²) in [6, 6.07) is 0. The molecule has 0 aromatic rings. The summed E-state index contributed by atoms with van der Waals surface area (Å²) in [4.78, 5) is 11.1. The lowest BCUT2D eigenvalue weighted by atomic mass is 10.2. The van der Waals surface area contributed by atoms with E-state index >= 15 is 0 Å². The summed E-state index contributed by atoms with van der Waals surface area (Å²) < 4.78 is 10.2. The van der Waals surface area contributed by atoms with Crippen LogP contribution < -0.4 is 0 Å². The summed E-state index contributed by atoms with van der Waals surface area (Å²) in [5.41, 5.74) is 0.671. The molecule has 1 rings (SSSR count). The second-order valence-corrected chi connectivity index (χ2v) is 2.51. The minimum atomic E-state index is 0.0159. The average molecular weight is 156 g/mol. The van der Waals surface area contributed by atoms with Crippen molar-refractivity contribution < 1.29 is 14.3 Å². The molecule has 0 radical (unpaired) electrons. The highest BCUT2D eigenvalue weighted by molar-refractivity contribution is 5.96. The van der Waals surface area contributed by atoms with Gasteiger partial charge in [-0.25, -0.2) is 0 Å². The zero-order chi connectivity index (χ0) is 8.27. The Bertz CT molecular complexity index is 194. The van der Waals surface area contributed by atoms with Crippen molar-refractivity contribution in [3.8, 4) is 0 Å². The minimum Gasteiger partial charge on any atom is -0.495 e. The lowest BCUT2D eigenvalue weighted by Gasteiger charge is -2.13. The predicted molar refractivity (Wildman–Crippen MR) is 40.2 cm³/mol. The molecule has 0 bridgehead atoms. The fourth-order valence-electron chi connectivity index (χ4n) is 0.831. The van der Waals surface area contributed by atoms with Crippen molar-refractivity contribution >= 4 is 5.78 Å². The van der Waals surface area contributed by atoms with E-state index in [0.29, 0.717) is 18.8 Å². The lowest BCUT2D eigenvalue weighted by Crippen LogP contribution is -2.18. The molecule has 11 heavy (non-hydrogen) atoms. The van der Waals surface area contributed by atoms with Crippen molar-refractivity contribution in [2.75, 3.05) is 19.8 Å². The molecule has 0 amide bonds. The Morgan fingerprint density at radius 1 is 1.27 bits per heavy atom. The largest absolute Gasteiger partial charge is 0.495 e. The molecule has 3 nitrogen and oxygen atoms in total. The number of carbonyl (C=O) groups is 1. The van der Waals surface area contributed by atoms with E-state index in [0.717, 1.165) is 5.76 Å². The first-order valence-corrected chi connectivity index (χ1v) is 3.63. The normalized spacial score (nSPS) is 27.3. The number of hydrogen-bond acceptors (Lipinski definition) is 3. The Morgan fingerprint density at radius 3 is 2.73 bits per heavy atom. The van der Waals surface area contributed by atoms with Crippen LogP contribution in [0.3, 0.4) is 0 Å². The molecule has 0 aromatic heterocycles. The second-order valence-electron chi connectivity index (χ2n) is 2.51. The van der Waals surface area contributed by atoms with Crippen molar-refractivity contribution in [2.45, 2.75) is 13.8 Å². The zero-order valence-electron chi connectivity index (χ0n) is 6.85. The summed E-state index contributed by atoms with van der Waals surface area (Å²) in [5.74, 6) is 0.737. The zero-order valence-corrected chi connectivity index (χ0v) is 6.85. The van der Waals surface area contributed by atoms with E-state index in [-0.39, 0.29) is 12.4 Å². The Balaban J connectivity index is 2.74. The van der Waals surface area contributed by atoms with Gasteiger partial charge < -0.3 is 9.47 Å². The molecule has 0 N–H and O–H groups in total. The molecule has 0 atom stereocenters. The Hall–Kier alpha value is -0.830. The Labute approximate surface area is 66.0 Å². The van der Waals surface area contributed by atoms with Gasteiger partial charge in [0.15, 0.2) is 5.78 Å². The topological polar surface area (TPSA) is 35.5 Å². The molecule has 0 aromatic carbocycles. The van der Waals surface area contributed by atoms with E-state index in [2.05, 4.69) is 0 Å². The fourth-order valence-corrected chi connectivity index (χ4v) is 0.831. The molecular weight excluding hydrogens is 144 g/mol. The molecular formula is C8H12O3. The van der Waals surface area contributed by atoms with E-state index in [9.17, 15) is 4.79 Å². The molecule has 0 spiro atoms. The highest BCUT2D eigenvalue weighted by Crippen LogP contribution is 2.08. The summed E-state index contributed by atoms with van der Waals surface area (Å²) >= 11 is 0. The summed E-state index contributed by atoms with van der Waals surface area (Å²) in [6.07, 6.45) is 0. The monoisotopic (exact) mass is 156 g/mol. The SMILES string of the molecule is C/C1=C(\C)C(=O)COCCO1. The maximum Gasteiger partial charge on any atom is 0.187 e. The summed E-state index contributed by atoms with van der Waals surface area (Å²) in [5, 5.41) is 0. The van der Waals surface area contributed by atoms with Gasteiger partial charge in [-0.2, -0.15) is 0 Å². The average Bonchev–Trinajstić information content (AvgIpc) is 2.00. The molecule has 1 heterocycles. The molecule has 0 fully saturated rings. The van der Waals surface area contributed by atoms with E-state index in [1.54, 1.807) is 13.8 Å². The van der Waals surface area contributed by atoms with Crippen LogP contribution in [0.15, 0.2) is 11.3 Å². The van der Waals surface area contributed by atoms with Crippen LogP contribution in [0.2, 0.25) is 0 Å². The molecule has 0 saturated heterocycles. The van der Waals surface area contributed by atoms with Crippen LogP contribution in [-0.2, 0) is 14.3 Å². The number of allylic oxidation sites excluding steroid dienone is 1. The van der Waals surface area contributed by atoms with E-state index < -0.39 is 0 Å². The first kappa shape index (κ1) is 8.27. The van der Waals surface area contributed by atoms with Gasteiger partial charge in [0.25, 0.3) is 0 Å². The van der Waals surface area contributed by atoms with Crippen LogP contribution in [0.5, 0.6) is 0 Å². The van der Waals surface area contributed by atoms with Gasteiger partial charge in [-0.3, -0.25) is 4.79 Å². The van der Waals surface area contributed by atoms with Gasteiger partial charge >= 0.3 is 0 Å². The number of ether oxygens (including phenoxy) is 2. The first-order valence-electron chi connectivity index (χ1n) is 3.63. The van der Waals surface area contributed by atoms with Crippen molar-refractivity contribution in [1.29, 1.82) is 0 Å². The maximum absolute atomic E-state index is 11.1. The lowest BCUT2D eigenvalue weighted by molar-refractivity contribution is -0.121. The smallest absolute Gasteiger partial charge is 0.187 e. The highest BCUT2D eigenvalue weighted by Gasteiger charge is 2.11. The molecule has 0 unspecified atom stereocenters. The minimum absolute atomic E-state index is 0.0159. The fraction of sp³-hybridized carbons (Fsp3) is 0.625. The molecule has 1 aliphatic rings. The van der Waals surface area contributed by atoms with E-state index in [4.69, 9.17) is 9.47 Å². The number of Topliss-reactive ketones (excluding diaryl/α,β-unsaturated/α-hetero) is 1.